The number of carbonyl (C=O) groups excluding carboxylic acids is 1. The summed E-state index contributed by atoms with van der Waals surface area (Å²) < 4.78 is 20.3. The van der Waals surface area contributed by atoms with Crippen molar-refractivity contribution >= 4 is 5.91 Å². The van der Waals surface area contributed by atoms with E-state index >= 15 is 0 Å². The van der Waals surface area contributed by atoms with Crippen LogP contribution in [-0.4, -0.2) is 46.3 Å². The molecule has 162 valence electrons. The number of carbonyl (C=O) groups is 1. The summed E-state index contributed by atoms with van der Waals surface area (Å²) in [5.74, 6) is 0.616. The molecule has 1 saturated heterocycles. The standard InChI is InChI=1S/C24H27FN4O2/c25-20-4-9-23(10-5-20)31-17-15-26-14-12-21-8-11-24(30)28(21)18-19-2-6-22(7-3-19)29-16-1-13-27-29/h1-7,9-10,13,16,21,26H,8,11-12,14-15,17-18H2. The maximum Gasteiger partial charge on any atom is 0.223 e. The fourth-order valence-corrected chi connectivity index (χ4v) is 3.85. The Bertz CT molecular complexity index is 958. The minimum absolute atomic E-state index is 0.223. The van der Waals surface area contributed by atoms with Gasteiger partial charge in [-0.3, -0.25) is 4.79 Å². The Morgan fingerprint density at radius 3 is 2.65 bits per heavy atom. The third-order valence-electron chi connectivity index (χ3n) is 5.53. The number of benzene rings is 2. The molecule has 1 fully saturated rings. The zero-order valence-electron chi connectivity index (χ0n) is 17.4. The van der Waals surface area contributed by atoms with Gasteiger partial charge in [0.1, 0.15) is 18.2 Å². The van der Waals surface area contributed by atoms with Gasteiger partial charge in [0.2, 0.25) is 5.91 Å². The summed E-state index contributed by atoms with van der Waals surface area (Å²) in [6.45, 7) is 2.67. The molecule has 6 nitrogen and oxygen atoms in total. The Morgan fingerprint density at radius 2 is 1.90 bits per heavy atom. The fraction of sp³-hybridized carbons (Fsp3) is 0.333. The minimum atomic E-state index is -0.269. The molecular weight excluding hydrogens is 395 g/mol. The van der Waals surface area contributed by atoms with Crippen molar-refractivity contribution in [2.75, 3.05) is 19.7 Å². The van der Waals surface area contributed by atoms with Crippen LogP contribution in [0, 0.1) is 5.82 Å². The molecule has 0 aliphatic carbocycles. The van der Waals surface area contributed by atoms with Gasteiger partial charge in [0.25, 0.3) is 0 Å². The number of halogens is 1. The smallest absolute Gasteiger partial charge is 0.223 e. The zero-order chi connectivity index (χ0) is 21.5. The van der Waals surface area contributed by atoms with Crippen LogP contribution in [0.3, 0.4) is 0 Å². The predicted molar refractivity (Wildman–Crippen MR) is 117 cm³/mol. The average Bonchev–Trinajstić information content (AvgIpc) is 3.44. The normalized spacial score (nSPS) is 16.1. The van der Waals surface area contributed by atoms with Gasteiger partial charge in [-0.05, 0) is 67.4 Å². The van der Waals surface area contributed by atoms with Crippen molar-refractivity contribution in [2.24, 2.45) is 0 Å². The van der Waals surface area contributed by atoms with Crippen molar-refractivity contribution in [3.8, 4) is 11.4 Å². The van der Waals surface area contributed by atoms with Crippen LogP contribution in [0.5, 0.6) is 5.75 Å². The maximum atomic E-state index is 12.9. The van der Waals surface area contributed by atoms with E-state index in [1.165, 1.54) is 12.1 Å². The second-order valence-electron chi connectivity index (χ2n) is 7.67. The van der Waals surface area contributed by atoms with Crippen molar-refractivity contribution in [3.63, 3.8) is 0 Å². The Labute approximate surface area is 181 Å². The molecule has 1 unspecified atom stereocenters. The van der Waals surface area contributed by atoms with E-state index in [-0.39, 0.29) is 17.8 Å². The summed E-state index contributed by atoms with van der Waals surface area (Å²) in [6.07, 6.45) is 6.09. The number of hydrogen-bond acceptors (Lipinski definition) is 4. The molecule has 2 heterocycles. The number of nitrogens with one attached hydrogen (secondary N) is 1. The molecule has 4 rings (SSSR count). The first-order chi connectivity index (χ1) is 15.2. The zero-order valence-corrected chi connectivity index (χ0v) is 17.4. The van der Waals surface area contributed by atoms with E-state index in [1.807, 2.05) is 34.0 Å². The fourth-order valence-electron chi connectivity index (χ4n) is 3.85. The van der Waals surface area contributed by atoms with Crippen LogP contribution in [0.1, 0.15) is 24.8 Å². The van der Waals surface area contributed by atoms with Crippen LogP contribution >= 0.6 is 0 Å². The first-order valence-electron chi connectivity index (χ1n) is 10.7. The molecule has 0 spiro atoms. The Morgan fingerprint density at radius 1 is 1.10 bits per heavy atom. The molecule has 7 heteroatoms. The van der Waals surface area contributed by atoms with Gasteiger partial charge in [0.05, 0.1) is 5.69 Å². The highest BCUT2D eigenvalue weighted by molar-refractivity contribution is 5.78. The van der Waals surface area contributed by atoms with E-state index in [4.69, 9.17) is 4.74 Å². The van der Waals surface area contributed by atoms with Crippen LogP contribution in [0.2, 0.25) is 0 Å². The highest BCUT2D eigenvalue weighted by Gasteiger charge is 2.30. The molecule has 1 aliphatic heterocycles. The molecule has 1 N–H and O–H groups in total. The number of amides is 1. The summed E-state index contributed by atoms with van der Waals surface area (Å²) in [6, 6.07) is 16.3. The van der Waals surface area contributed by atoms with Crippen molar-refractivity contribution in [2.45, 2.75) is 31.8 Å². The number of nitrogens with zero attached hydrogens (tertiary/aromatic N) is 3. The Kier molecular flexibility index (Phi) is 6.94. The van der Waals surface area contributed by atoms with Gasteiger partial charge in [0.15, 0.2) is 0 Å². The third-order valence-corrected chi connectivity index (χ3v) is 5.53. The molecule has 3 aromatic rings. The SMILES string of the molecule is O=C1CCC(CCNCCOc2ccc(F)cc2)N1Cc1ccc(-n2cccn2)cc1. The first-order valence-corrected chi connectivity index (χ1v) is 10.7. The van der Waals surface area contributed by atoms with Gasteiger partial charge >= 0.3 is 0 Å². The molecule has 0 bridgehead atoms. The van der Waals surface area contributed by atoms with Gasteiger partial charge in [-0.1, -0.05) is 12.1 Å². The van der Waals surface area contributed by atoms with Crippen molar-refractivity contribution < 1.29 is 13.9 Å². The Hall–Kier alpha value is -3.19. The molecular formula is C24H27FN4O2. The van der Waals surface area contributed by atoms with E-state index in [9.17, 15) is 9.18 Å². The van der Waals surface area contributed by atoms with Gasteiger partial charge in [-0.2, -0.15) is 5.10 Å². The molecule has 0 saturated carbocycles. The maximum absolute atomic E-state index is 12.9. The lowest BCUT2D eigenvalue weighted by Gasteiger charge is -2.25. The Balaban J connectivity index is 1.20. The molecule has 1 atom stereocenters. The lowest BCUT2D eigenvalue weighted by atomic mass is 10.1. The number of aromatic nitrogens is 2. The topological polar surface area (TPSA) is 59.4 Å². The van der Waals surface area contributed by atoms with Crippen molar-refractivity contribution in [1.82, 2.24) is 20.0 Å². The minimum Gasteiger partial charge on any atom is -0.492 e. The second kappa shape index (κ2) is 10.2. The molecule has 31 heavy (non-hydrogen) atoms. The summed E-state index contributed by atoms with van der Waals surface area (Å²) in [7, 11) is 0. The van der Waals surface area contributed by atoms with Crippen LogP contribution in [-0.2, 0) is 11.3 Å². The molecule has 1 amide bonds. The van der Waals surface area contributed by atoms with E-state index in [1.54, 1.807) is 18.3 Å². The van der Waals surface area contributed by atoms with Gasteiger partial charge in [-0.25, -0.2) is 9.07 Å². The summed E-state index contributed by atoms with van der Waals surface area (Å²) in [5, 5.41) is 7.61. The lowest BCUT2D eigenvalue weighted by molar-refractivity contribution is -0.129. The van der Waals surface area contributed by atoms with Crippen LogP contribution < -0.4 is 10.1 Å². The molecule has 1 aromatic heterocycles. The number of rotatable bonds is 10. The third kappa shape index (κ3) is 5.70. The highest BCUT2D eigenvalue weighted by atomic mass is 19.1. The summed E-state index contributed by atoms with van der Waals surface area (Å²) in [5.41, 5.74) is 2.13. The number of likely N-dealkylation sites (tertiary alicyclic amines) is 1. The largest absolute Gasteiger partial charge is 0.492 e. The predicted octanol–water partition coefficient (Wildman–Crippen LogP) is 3.56. The van der Waals surface area contributed by atoms with Crippen molar-refractivity contribution in [3.05, 3.63) is 78.4 Å². The van der Waals surface area contributed by atoms with Crippen molar-refractivity contribution in [1.29, 1.82) is 0 Å². The van der Waals surface area contributed by atoms with E-state index in [0.29, 0.717) is 31.9 Å². The molecule has 0 radical (unpaired) electrons. The lowest BCUT2D eigenvalue weighted by Crippen LogP contribution is -2.35. The van der Waals surface area contributed by atoms with E-state index in [2.05, 4.69) is 22.5 Å². The van der Waals surface area contributed by atoms with Gasteiger partial charge in [-0.15, -0.1) is 0 Å². The van der Waals surface area contributed by atoms with Gasteiger partial charge in [0, 0.05) is 37.9 Å². The van der Waals surface area contributed by atoms with E-state index < -0.39 is 0 Å². The summed E-state index contributed by atoms with van der Waals surface area (Å²) in [4.78, 5) is 14.4. The monoisotopic (exact) mass is 422 g/mol. The highest BCUT2D eigenvalue weighted by Crippen LogP contribution is 2.24. The van der Waals surface area contributed by atoms with Crippen LogP contribution in [0.15, 0.2) is 67.0 Å². The molecule has 2 aromatic carbocycles. The quantitative estimate of drug-likeness (QED) is 0.508. The number of ether oxygens (including phenoxy) is 1. The average molecular weight is 423 g/mol. The van der Waals surface area contributed by atoms with E-state index in [0.717, 1.165) is 30.6 Å². The summed E-state index contributed by atoms with van der Waals surface area (Å²) >= 11 is 0. The first kappa shape index (κ1) is 21.1. The number of hydrogen-bond donors (Lipinski definition) is 1. The second-order valence-corrected chi connectivity index (χ2v) is 7.67. The van der Waals surface area contributed by atoms with Gasteiger partial charge < -0.3 is 15.0 Å². The molecule has 1 aliphatic rings. The van der Waals surface area contributed by atoms with Crippen LogP contribution in [0.25, 0.3) is 5.69 Å². The van der Waals surface area contributed by atoms with Crippen LogP contribution in [0.4, 0.5) is 4.39 Å².